The highest BCUT2D eigenvalue weighted by molar-refractivity contribution is 6.30. The van der Waals surface area contributed by atoms with Crippen molar-refractivity contribution in [3.8, 4) is 0 Å². The summed E-state index contributed by atoms with van der Waals surface area (Å²) in [7, 11) is 0. The third-order valence-corrected chi connectivity index (χ3v) is 4.28. The maximum Gasteiger partial charge on any atom is 0.275 e. The standard InChI is InChI=1S/C19H23ClN2O/c1-14-5-3-4-6-16(14)11-12-21-19(23)13-22-15(2)17-7-9-18(20)10-8-17/h3-10,15,22H,11-13H2,1-2H3,(H,21,23)/p+1/t15-/m1/s1. The highest BCUT2D eigenvalue weighted by atomic mass is 35.5. The third kappa shape index (κ3) is 5.70. The molecule has 0 saturated heterocycles. The van der Waals surface area contributed by atoms with Gasteiger partial charge in [0.15, 0.2) is 6.54 Å². The van der Waals surface area contributed by atoms with Crippen molar-refractivity contribution in [3.63, 3.8) is 0 Å². The van der Waals surface area contributed by atoms with Gasteiger partial charge < -0.3 is 10.6 Å². The topological polar surface area (TPSA) is 45.7 Å². The Morgan fingerprint density at radius 1 is 1.17 bits per heavy atom. The van der Waals surface area contributed by atoms with Crippen LogP contribution < -0.4 is 10.6 Å². The summed E-state index contributed by atoms with van der Waals surface area (Å²) >= 11 is 5.89. The Balaban J connectivity index is 1.71. The van der Waals surface area contributed by atoms with Crippen LogP contribution in [-0.2, 0) is 11.2 Å². The van der Waals surface area contributed by atoms with Gasteiger partial charge in [0.25, 0.3) is 5.91 Å². The monoisotopic (exact) mass is 331 g/mol. The molecule has 3 nitrogen and oxygen atoms in total. The molecule has 0 saturated carbocycles. The predicted molar refractivity (Wildman–Crippen MR) is 94.6 cm³/mol. The summed E-state index contributed by atoms with van der Waals surface area (Å²) < 4.78 is 0. The van der Waals surface area contributed by atoms with E-state index in [9.17, 15) is 4.79 Å². The molecule has 0 radical (unpaired) electrons. The first kappa shape index (κ1) is 17.5. The van der Waals surface area contributed by atoms with Gasteiger partial charge in [-0.25, -0.2) is 0 Å². The van der Waals surface area contributed by atoms with E-state index in [1.165, 1.54) is 16.7 Å². The molecule has 0 aliphatic rings. The molecule has 0 bridgehead atoms. The number of halogens is 1. The first-order valence-corrected chi connectivity index (χ1v) is 8.34. The van der Waals surface area contributed by atoms with Gasteiger partial charge in [0.1, 0.15) is 6.04 Å². The number of carbonyl (C=O) groups excluding carboxylic acids is 1. The Morgan fingerprint density at radius 3 is 2.57 bits per heavy atom. The normalized spacial score (nSPS) is 12.0. The van der Waals surface area contributed by atoms with E-state index in [4.69, 9.17) is 11.6 Å². The molecular formula is C19H24ClN2O+. The molecule has 1 atom stereocenters. The van der Waals surface area contributed by atoms with Gasteiger partial charge >= 0.3 is 0 Å². The summed E-state index contributed by atoms with van der Waals surface area (Å²) in [4.78, 5) is 11.9. The first-order chi connectivity index (χ1) is 11.1. The molecule has 0 fully saturated rings. The molecule has 0 unspecified atom stereocenters. The fourth-order valence-corrected chi connectivity index (χ4v) is 2.61. The van der Waals surface area contributed by atoms with Crippen molar-refractivity contribution in [1.82, 2.24) is 5.32 Å². The number of rotatable bonds is 7. The summed E-state index contributed by atoms with van der Waals surface area (Å²) in [6, 6.07) is 16.3. The zero-order chi connectivity index (χ0) is 16.7. The van der Waals surface area contributed by atoms with Gasteiger partial charge in [-0.05, 0) is 43.5 Å². The summed E-state index contributed by atoms with van der Waals surface area (Å²) in [5, 5.41) is 5.75. The molecule has 122 valence electrons. The lowest BCUT2D eigenvalue weighted by atomic mass is 10.1. The zero-order valence-electron chi connectivity index (χ0n) is 13.7. The van der Waals surface area contributed by atoms with Gasteiger partial charge in [-0.15, -0.1) is 0 Å². The van der Waals surface area contributed by atoms with Crippen molar-refractivity contribution in [2.24, 2.45) is 0 Å². The van der Waals surface area contributed by atoms with Crippen molar-refractivity contribution >= 4 is 17.5 Å². The van der Waals surface area contributed by atoms with Crippen molar-refractivity contribution in [3.05, 3.63) is 70.2 Å². The second-order valence-electron chi connectivity index (χ2n) is 5.81. The third-order valence-electron chi connectivity index (χ3n) is 4.03. The van der Waals surface area contributed by atoms with E-state index in [0.717, 1.165) is 11.4 Å². The molecule has 2 aromatic rings. The van der Waals surface area contributed by atoms with Crippen LogP contribution >= 0.6 is 11.6 Å². The molecular weight excluding hydrogens is 308 g/mol. The molecule has 23 heavy (non-hydrogen) atoms. The van der Waals surface area contributed by atoms with Gasteiger partial charge in [0.2, 0.25) is 0 Å². The minimum absolute atomic E-state index is 0.0689. The molecule has 1 amide bonds. The Morgan fingerprint density at radius 2 is 1.87 bits per heavy atom. The van der Waals surface area contributed by atoms with Crippen molar-refractivity contribution < 1.29 is 10.1 Å². The van der Waals surface area contributed by atoms with E-state index >= 15 is 0 Å². The number of hydrogen-bond acceptors (Lipinski definition) is 1. The number of nitrogens with one attached hydrogen (secondary N) is 1. The van der Waals surface area contributed by atoms with Gasteiger partial charge in [0, 0.05) is 17.1 Å². The molecule has 0 heterocycles. The van der Waals surface area contributed by atoms with Crippen LogP contribution in [0.1, 0.15) is 29.7 Å². The summed E-state index contributed by atoms with van der Waals surface area (Å²) in [6.45, 7) is 5.28. The molecule has 3 N–H and O–H groups in total. The van der Waals surface area contributed by atoms with Crippen molar-refractivity contribution in [2.45, 2.75) is 26.3 Å². The second-order valence-corrected chi connectivity index (χ2v) is 6.24. The van der Waals surface area contributed by atoms with Crippen LogP contribution in [-0.4, -0.2) is 19.0 Å². The Kier molecular flexibility index (Phi) is 6.63. The maximum atomic E-state index is 11.9. The Labute approximate surface area is 143 Å². The molecule has 2 aromatic carbocycles. The average molecular weight is 332 g/mol. The van der Waals surface area contributed by atoms with Crippen molar-refractivity contribution in [2.75, 3.05) is 13.1 Å². The van der Waals surface area contributed by atoms with Crippen molar-refractivity contribution in [1.29, 1.82) is 0 Å². The van der Waals surface area contributed by atoms with E-state index in [0.29, 0.717) is 13.1 Å². The molecule has 0 aromatic heterocycles. The number of hydrogen-bond donors (Lipinski definition) is 2. The largest absolute Gasteiger partial charge is 0.351 e. The SMILES string of the molecule is Cc1ccccc1CCNC(=O)C[NH2+][C@H](C)c1ccc(Cl)cc1. The highest BCUT2D eigenvalue weighted by Gasteiger charge is 2.11. The van der Waals surface area contributed by atoms with Crippen LogP contribution in [0.25, 0.3) is 0 Å². The molecule has 4 heteroatoms. The summed E-state index contributed by atoms with van der Waals surface area (Å²) in [5.41, 5.74) is 3.72. The van der Waals surface area contributed by atoms with Crippen LogP contribution in [0.4, 0.5) is 0 Å². The summed E-state index contributed by atoms with van der Waals surface area (Å²) in [5.74, 6) is 0.0689. The quantitative estimate of drug-likeness (QED) is 0.805. The smallest absolute Gasteiger partial charge is 0.275 e. The Hall–Kier alpha value is -1.84. The number of quaternary nitrogens is 1. The van der Waals surface area contributed by atoms with Gasteiger partial charge in [-0.1, -0.05) is 48.0 Å². The number of carbonyl (C=O) groups is 1. The lowest BCUT2D eigenvalue weighted by Gasteiger charge is -2.11. The van der Waals surface area contributed by atoms with Crippen LogP contribution in [0.3, 0.4) is 0 Å². The minimum Gasteiger partial charge on any atom is -0.351 e. The van der Waals surface area contributed by atoms with Crippen LogP contribution in [0, 0.1) is 6.92 Å². The lowest BCUT2D eigenvalue weighted by Crippen LogP contribution is -2.87. The van der Waals surface area contributed by atoms with Gasteiger partial charge in [0.05, 0.1) is 0 Å². The zero-order valence-corrected chi connectivity index (χ0v) is 14.4. The molecule has 0 aliphatic heterocycles. The van der Waals surface area contributed by atoms with E-state index in [-0.39, 0.29) is 11.9 Å². The van der Waals surface area contributed by atoms with E-state index < -0.39 is 0 Å². The van der Waals surface area contributed by atoms with Crippen LogP contribution in [0.2, 0.25) is 5.02 Å². The second kappa shape index (κ2) is 8.70. The lowest BCUT2D eigenvalue weighted by molar-refractivity contribution is -0.682. The minimum atomic E-state index is 0.0689. The number of aryl methyl sites for hydroxylation is 1. The number of benzene rings is 2. The summed E-state index contributed by atoms with van der Waals surface area (Å²) in [6.07, 6.45) is 0.866. The maximum absolute atomic E-state index is 11.9. The van der Waals surface area contributed by atoms with Crippen LogP contribution in [0.5, 0.6) is 0 Å². The molecule has 0 spiro atoms. The van der Waals surface area contributed by atoms with Crippen LogP contribution in [0.15, 0.2) is 48.5 Å². The Bertz CT molecular complexity index is 640. The predicted octanol–water partition coefficient (Wildman–Crippen LogP) is 2.63. The highest BCUT2D eigenvalue weighted by Crippen LogP contribution is 2.13. The average Bonchev–Trinajstić information content (AvgIpc) is 2.55. The molecule has 2 rings (SSSR count). The first-order valence-electron chi connectivity index (χ1n) is 7.96. The van der Waals surface area contributed by atoms with E-state index in [2.05, 4.69) is 31.3 Å². The van der Waals surface area contributed by atoms with Gasteiger partial charge in [-0.3, -0.25) is 4.79 Å². The fraction of sp³-hybridized carbons (Fsp3) is 0.316. The number of nitrogens with two attached hydrogens (primary N) is 1. The molecule has 0 aliphatic carbocycles. The van der Waals surface area contributed by atoms with E-state index in [1.54, 1.807) is 0 Å². The van der Waals surface area contributed by atoms with E-state index in [1.807, 2.05) is 41.7 Å². The fourth-order valence-electron chi connectivity index (χ4n) is 2.49. The van der Waals surface area contributed by atoms with Gasteiger partial charge in [-0.2, -0.15) is 0 Å². The number of amides is 1.